The fourth-order valence-corrected chi connectivity index (χ4v) is 2.16. The van der Waals surface area contributed by atoms with Gasteiger partial charge in [-0.2, -0.15) is 0 Å². The molecule has 0 fully saturated rings. The van der Waals surface area contributed by atoms with Crippen molar-refractivity contribution in [2.24, 2.45) is 0 Å². The number of Topliss-reactive ketones (excluding diaryl/α,β-unsaturated/α-hetero) is 1. The average Bonchev–Trinajstić information content (AvgIpc) is 2.38. The summed E-state index contributed by atoms with van der Waals surface area (Å²) in [7, 11) is 2.94. The molecule has 1 rings (SSSR count). The summed E-state index contributed by atoms with van der Waals surface area (Å²) in [5, 5.41) is 0. The molecule has 18 heavy (non-hydrogen) atoms. The Bertz CT molecular complexity index is 458. The van der Waals surface area contributed by atoms with E-state index < -0.39 is 5.79 Å². The van der Waals surface area contributed by atoms with Crippen LogP contribution >= 0.6 is 15.9 Å². The van der Waals surface area contributed by atoms with Crippen LogP contribution in [-0.4, -0.2) is 32.4 Å². The second-order valence-electron chi connectivity index (χ2n) is 3.55. The van der Waals surface area contributed by atoms with E-state index in [2.05, 4.69) is 28.2 Å². The lowest BCUT2D eigenvalue weighted by Gasteiger charge is -2.34. The number of carbonyl (C=O) groups excluding carboxylic acids is 1. The van der Waals surface area contributed by atoms with Gasteiger partial charge in [0.25, 0.3) is 5.79 Å². The molecule has 0 saturated carbocycles. The first-order chi connectivity index (χ1) is 8.53. The lowest BCUT2D eigenvalue weighted by atomic mass is 9.96. The van der Waals surface area contributed by atoms with Crippen molar-refractivity contribution in [3.05, 3.63) is 40.3 Å². The number of halogens is 1. The zero-order valence-electron chi connectivity index (χ0n) is 10.6. The molecule has 0 heterocycles. The molecule has 0 aromatic heterocycles. The van der Waals surface area contributed by atoms with E-state index in [4.69, 9.17) is 14.2 Å². The van der Waals surface area contributed by atoms with E-state index in [-0.39, 0.29) is 12.4 Å². The first kappa shape index (κ1) is 14.9. The van der Waals surface area contributed by atoms with E-state index in [0.29, 0.717) is 15.8 Å². The quantitative estimate of drug-likeness (QED) is 0.577. The Morgan fingerprint density at radius 2 is 2.22 bits per heavy atom. The number of rotatable bonds is 5. The standard InChI is InChI=1S/C13H15BrO4/c1-5-6-7-18-13(17-4)9(2)11(16-3)8-10(14)12(13)15/h6,8H,1,7H2,2-4H3. The molecular weight excluding hydrogens is 300 g/mol. The number of ketones is 1. The number of allylic oxidation sites excluding steroid dienone is 1. The number of ether oxygens (including phenoxy) is 3. The van der Waals surface area contributed by atoms with E-state index in [9.17, 15) is 4.79 Å². The number of hydrogen-bond donors (Lipinski definition) is 0. The molecule has 0 amide bonds. The van der Waals surface area contributed by atoms with Gasteiger partial charge in [-0.3, -0.25) is 4.79 Å². The molecule has 0 aromatic rings. The van der Waals surface area contributed by atoms with Crippen molar-refractivity contribution in [3.8, 4) is 0 Å². The zero-order chi connectivity index (χ0) is 13.8. The van der Waals surface area contributed by atoms with Gasteiger partial charge in [0, 0.05) is 12.7 Å². The largest absolute Gasteiger partial charge is 0.497 e. The predicted octanol–water partition coefficient (Wildman–Crippen LogP) is 2.47. The molecular formula is C13H15BrO4. The van der Waals surface area contributed by atoms with Crippen LogP contribution in [0.1, 0.15) is 6.92 Å². The van der Waals surface area contributed by atoms with Crippen LogP contribution < -0.4 is 0 Å². The second kappa shape index (κ2) is 6.16. The summed E-state index contributed by atoms with van der Waals surface area (Å²) >= 11 is 3.19. The molecule has 4 nitrogen and oxygen atoms in total. The van der Waals surface area contributed by atoms with Crippen LogP contribution in [0.5, 0.6) is 0 Å². The highest BCUT2D eigenvalue weighted by Gasteiger charge is 2.47. The number of hydrogen-bond acceptors (Lipinski definition) is 4. The van der Waals surface area contributed by atoms with Crippen molar-refractivity contribution in [3.63, 3.8) is 0 Å². The smallest absolute Gasteiger partial charge is 0.261 e. The Morgan fingerprint density at radius 1 is 1.56 bits per heavy atom. The van der Waals surface area contributed by atoms with Gasteiger partial charge in [-0.15, -0.1) is 5.73 Å². The van der Waals surface area contributed by atoms with E-state index in [1.807, 2.05) is 0 Å². The molecule has 0 saturated heterocycles. The predicted molar refractivity (Wildman–Crippen MR) is 71.1 cm³/mol. The summed E-state index contributed by atoms with van der Waals surface area (Å²) in [6.07, 6.45) is 3.17. The van der Waals surface area contributed by atoms with E-state index in [0.717, 1.165) is 0 Å². The third kappa shape index (κ3) is 2.49. The van der Waals surface area contributed by atoms with Crippen LogP contribution in [0.25, 0.3) is 0 Å². The molecule has 0 bridgehead atoms. The van der Waals surface area contributed by atoms with Crippen molar-refractivity contribution >= 4 is 21.7 Å². The average molecular weight is 315 g/mol. The van der Waals surface area contributed by atoms with Gasteiger partial charge in [-0.05, 0) is 35.0 Å². The lowest BCUT2D eigenvalue weighted by Crippen LogP contribution is -2.47. The van der Waals surface area contributed by atoms with Crippen molar-refractivity contribution in [2.75, 3.05) is 20.8 Å². The molecule has 1 aliphatic rings. The highest BCUT2D eigenvalue weighted by atomic mass is 79.9. The van der Waals surface area contributed by atoms with Crippen molar-refractivity contribution in [2.45, 2.75) is 12.7 Å². The Morgan fingerprint density at radius 3 is 2.72 bits per heavy atom. The van der Waals surface area contributed by atoms with Crippen LogP contribution in [0, 0.1) is 0 Å². The molecule has 0 spiro atoms. The van der Waals surface area contributed by atoms with Gasteiger partial charge >= 0.3 is 0 Å². The fourth-order valence-electron chi connectivity index (χ4n) is 1.69. The van der Waals surface area contributed by atoms with E-state index >= 15 is 0 Å². The topological polar surface area (TPSA) is 44.8 Å². The third-order valence-electron chi connectivity index (χ3n) is 2.66. The third-order valence-corrected chi connectivity index (χ3v) is 3.25. The monoisotopic (exact) mass is 314 g/mol. The molecule has 5 heteroatoms. The van der Waals surface area contributed by atoms with Gasteiger partial charge in [0.05, 0.1) is 18.2 Å². The minimum atomic E-state index is -1.47. The first-order valence-electron chi connectivity index (χ1n) is 5.24. The SMILES string of the molecule is C=C=CCOC1(OC)C(=O)C(Br)=CC(OC)=C1C. The normalized spacial score (nSPS) is 23.6. The molecule has 0 aromatic carbocycles. The summed E-state index contributed by atoms with van der Waals surface area (Å²) in [5.41, 5.74) is 3.14. The number of carbonyl (C=O) groups is 1. The van der Waals surface area contributed by atoms with Gasteiger partial charge in [-0.1, -0.05) is 6.58 Å². The minimum Gasteiger partial charge on any atom is -0.497 e. The summed E-state index contributed by atoms with van der Waals surface area (Å²) < 4.78 is 16.4. The van der Waals surface area contributed by atoms with Gasteiger partial charge in [-0.25, -0.2) is 0 Å². The Labute approximate surface area is 115 Å². The lowest BCUT2D eigenvalue weighted by molar-refractivity contribution is -0.193. The summed E-state index contributed by atoms with van der Waals surface area (Å²) in [4.78, 5) is 12.2. The minimum absolute atomic E-state index is 0.164. The summed E-state index contributed by atoms with van der Waals surface area (Å²) in [6.45, 7) is 5.33. The van der Waals surface area contributed by atoms with Crippen LogP contribution in [-0.2, 0) is 19.0 Å². The maximum absolute atomic E-state index is 12.2. The van der Waals surface area contributed by atoms with E-state index in [1.165, 1.54) is 14.2 Å². The van der Waals surface area contributed by atoms with Crippen molar-refractivity contribution in [1.29, 1.82) is 0 Å². The second-order valence-corrected chi connectivity index (χ2v) is 4.41. The van der Waals surface area contributed by atoms with Crippen LogP contribution in [0.4, 0.5) is 0 Å². The molecule has 0 radical (unpaired) electrons. The molecule has 1 aliphatic carbocycles. The number of methoxy groups -OCH3 is 2. The fraction of sp³-hybridized carbons (Fsp3) is 0.385. The van der Waals surface area contributed by atoms with Crippen molar-refractivity contribution < 1.29 is 19.0 Å². The van der Waals surface area contributed by atoms with Crippen molar-refractivity contribution in [1.82, 2.24) is 0 Å². The highest BCUT2D eigenvalue weighted by molar-refractivity contribution is 9.12. The molecule has 0 aliphatic heterocycles. The highest BCUT2D eigenvalue weighted by Crippen LogP contribution is 2.36. The van der Waals surface area contributed by atoms with Gasteiger partial charge in [0.2, 0.25) is 5.78 Å². The Hall–Kier alpha value is -1.13. The Kier molecular flexibility index (Phi) is 5.11. The molecule has 1 unspecified atom stereocenters. The van der Waals surface area contributed by atoms with Crippen LogP contribution in [0.15, 0.2) is 40.3 Å². The zero-order valence-corrected chi connectivity index (χ0v) is 12.2. The maximum atomic E-state index is 12.2. The molecule has 98 valence electrons. The first-order valence-corrected chi connectivity index (χ1v) is 6.03. The maximum Gasteiger partial charge on any atom is 0.261 e. The summed E-state index contributed by atoms with van der Waals surface area (Å²) in [5.74, 6) is -1.24. The summed E-state index contributed by atoms with van der Waals surface area (Å²) in [6, 6.07) is 0. The van der Waals surface area contributed by atoms with Gasteiger partial charge in [0.15, 0.2) is 0 Å². The van der Waals surface area contributed by atoms with Gasteiger partial charge < -0.3 is 14.2 Å². The Balaban J connectivity index is 3.22. The molecule has 0 N–H and O–H groups in total. The van der Waals surface area contributed by atoms with Crippen LogP contribution in [0.3, 0.4) is 0 Å². The van der Waals surface area contributed by atoms with E-state index in [1.54, 1.807) is 19.1 Å². The molecule has 1 atom stereocenters. The van der Waals surface area contributed by atoms with Crippen LogP contribution in [0.2, 0.25) is 0 Å². The van der Waals surface area contributed by atoms with Gasteiger partial charge in [0.1, 0.15) is 5.76 Å².